The summed E-state index contributed by atoms with van der Waals surface area (Å²) in [4.78, 5) is 27.9. The largest absolute Gasteiger partial charge is 0.357 e. The van der Waals surface area contributed by atoms with Gasteiger partial charge in [0.25, 0.3) is 0 Å². The van der Waals surface area contributed by atoms with Gasteiger partial charge in [0, 0.05) is 35.7 Å². The number of carbonyl (C=O) groups excluding carboxylic acids is 1. The molecule has 5 rings (SSSR count). The molecular formula is C22H23N7O. The van der Waals surface area contributed by atoms with E-state index in [1.807, 2.05) is 30.3 Å². The maximum atomic E-state index is 12.6. The molecule has 0 saturated heterocycles. The first-order valence-electron chi connectivity index (χ1n) is 10.2. The van der Waals surface area contributed by atoms with Crippen molar-refractivity contribution in [3.05, 3.63) is 49.1 Å². The first kappa shape index (κ1) is 18.5. The van der Waals surface area contributed by atoms with Gasteiger partial charge in [0.05, 0.1) is 11.7 Å². The van der Waals surface area contributed by atoms with Crippen molar-refractivity contribution < 1.29 is 4.79 Å². The van der Waals surface area contributed by atoms with E-state index in [4.69, 9.17) is 4.98 Å². The van der Waals surface area contributed by atoms with Crippen molar-refractivity contribution in [2.24, 2.45) is 0 Å². The predicted octanol–water partition coefficient (Wildman–Crippen LogP) is 3.39. The van der Waals surface area contributed by atoms with Crippen LogP contribution in [-0.4, -0.2) is 43.7 Å². The number of rotatable bonds is 5. The maximum Gasteiger partial charge on any atom is 0.246 e. The molecule has 0 atom stereocenters. The molecule has 3 heterocycles. The van der Waals surface area contributed by atoms with Crippen molar-refractivity contribution in [2.75, 3.05) is 17.3 Å². The monoisotopic (exact) mass is 401 g/mol. The first-order chi connectivity index (χ1) is 14.7. The third kappa shape index (κ3) is 3.56. The van der Waals surface area contributed by atoms with Gasteiger partial charge in [-0.05, 0) is 43.2 Å². The molecule has 8 heteroatoms. The predicted molar refractivity (Wildman–Crippen MR) is 116 cm³/mol. The fourth-order valence-electron chi connectivity index (χ4n) is 4.13. The number of nitrogens with zero attached hydrogens (tertiary/aromatic N) is 6. The minimum Gasteiger partial charge on any atom is -0.357 e. The number of pyridine rings is 1. The number of fused-ring (bicyclic) bond motifs is 2. The molecule has 1 aliphatic carbocycles. The second-order valence-electron chi connectivity index (χ2n) is 7.78. The molecule has 3 aromatic heterocycles. The third-order valence-electron chi connectivity index (χ3n) is 5.79. The van der Waals surface area contributed by atoms with Gasteiger partial charge in [-0.2, -0.15) is 5.10 Å². The van der Waals surface area contributed by atoms with E-state index in [0.717, 1.165) is 27.8 Å². The van der Waals surface area contributed by atoms with Gasteiger partial charge in [-0.25, -0.2) is 19.6 Å². The third-order valence-corrected chi connectivity index (χ3v) is 5.79. The zero-order valence-corrected chi connectivity index (χ0v) is 16.8. The number of nitrogens with one attached hydrogen (secondary N) is 1. The smallest absolute Gasteiger partial charge is 0.246 e. The SMILES string of the molecule is CN(c1ccc2cnn(CC(=O)Nc3ccc4ncncc4c3)c2n1)C1CCCC1. The fourth-order valence-corrected chi connectivity index (χ4v) is 4.13. The van der Waals surface area contributed by atoms with Crippen LogP contribution in [0.15, 0.2) is 49.1 Å². The molecule has 30 heavy (non-hydrogen) atoms. The van der Waals surface area contributed by atoms with Gasteiger partial charge in [0.15, 0.2) is 5.65 Å². The number of amides is 1. The number of carbonyl (C=O) groups is 1. The van der Waals surface area contributed by atoms with E-state index in [0.29, 0.717) is 11.7 Å². The molecule has 1 aliphatic rings. The fraction of sp³-hybridized carbons (Fsp3) is 0.318. The van der Waals surface area contributed by atoms with Crippen LogP contribution < -0.4 is 10.2 Å². The van der Waals surface area contributed by atoms with Gasteiger partial charge in [-0.15, -0.1) is 0 Å². The van der Waals surface area contributed by atoms with Crippen LogP contribution in [0.2, 0.25) is 0 Å². The summed E-state index contributed by atoms with van der Waals surface area (Å²) in [5.41, 5.74) is 2.26. The van der Waals surface area contributed by atoms with Gasteiger partial charge >= 0.3 is 0 Å². The van der Waals surface area contributed by atoms with Crippen molar-refractivity contribution in [1.29, 1.82) is 0 Å². The highest BCUT2D eigenvalue weighted by molar-refractivity contribution is 5.94. The summed E-state index contributed by atoms with van der Waals surface area (Å²) in [6.45, 7) is 0.0937. The summed E-state index contributed by atoms with van der Waals surface area (Å²) in [5, 5.41) is 9.11. The Hall–Kier alpha value is -3.55. The lowest BCUT2D eigenvalue weighted by atomic mass is 10.2. The first-order valence-corrected chi connectivity index (χ1v) is 10.2. The van der Waals surface area contributed by atoms with Crippen molar-refractivity contribution in [2.45, 2.75) is 38.3 Å². The van der Waals surface area contributed by atoms with E-state index < -0.39 is 0 Å². The second-order valence-corrected chi connectivity index (χ2v) is 7.78. The van der Waals surface area contributed by atoms with Crippen LogP contribution in [0.1, 0.15) is 25.7 Å². The minimum atomic E-state index is -0.160. The average molecular weight is 401 g/mol. The van der Waals surface area contributed by atoms with E-state index in [1.54, 1.807) is 17.1 Å². The molecule has 0 unspecified atom stereocenters. The number of hydrogen-bond acceptors (Lipinski definition) is 6. The van der Waals surface area contributed by atoms with Crippen LogP contribution >= 0.6 is 0 Å². The van der Waals surface area contributed by atoms with Gasteiger partial charge < -0.3 is 10.2 Å². The Labute approximate surface area is 174 Å². The summed E-state index contributed by atoms with van der Waals surface area (Å²) < 4.78 is 1.65. The molecule has 8 nitrogen and oxygen atoms in total. The lowest BCUT2D eigenvalue weighted by molar-refractivity contribution is -0.116. The van der Waals surface area contributed by atoms with Gasteiger partial charge in [-0.1, -0.05) is 12.8 Å². The highest BCUT2D eigenvalue weighted by atomic mass is 16.2. The van der Waals surface area contributed by atoms with Gasteiger partial charge in [0.1, 0.15) is 18.7 Å². The molecule has 0 radical (unpaired) electrons. The Morgan fingerprint density at radius 2 is 2.03 bits per heavy atom. The van der Waals surface area contributed by atoms with E-state index in [1.165, 1.54) is 32.0 Å². The van der Waals surface area contributed by atoms with Crippen LogP contribution in [0.4, 0.5) is 11.5 Å². The summed E-state index contributed by atoms with van der Waals surface area (Å²) in [7, 11) is 2.10. The summed E-state index contributed by atoms with van der Waals surface area (Å²) >= 11 is 0. The molecule has 4 aromatic rings. The Bertz CT molecular complexity index is 1210. The van der Waals surface area contributed by atoms with Gasteiger partial charge in [-0.3, -0.25) is 4.79 Å². The number of aromatic nitrogens is 5. The molecule has 1 saturated carbocycles. The number of benzene rings is 1. The quantitative estimate of drug-likeness (QED) is 0.551. The van der Waals surface area contributed by atoms with E-state index >= 15 is 0 Å². The molecule has 0 aliphatic heterocycles. The highest BCUT2D eigenvalue weighted by Gasteiger charge is 2.21. The summed E-state index contributed by atoms with van der Waals surface area (Å²) in [6, 6.07) is 10.1. The van der Waals surface area contributed by atoms with Crippen LogP contribution in [0, 0.1) is 0 Å². The number of anilines is 2. The molecule has 1 amide bonds. The Balaban J connectivity index is 1.34. The summed E-state index contributed by atoms with van der Waals surface area (Å²) in [6.07, 6.45) is 9.94. The normalized spacial score (nSPS) is 14.4. The Morgan fingerprint density at radius 1 is 1.17 bits per heavy atom. The Kier molecular flexibility index (Phi) is 4.74. The van der Waals surface area contributed by atoms with E-state index in [9.17, 15) is 4.79 Å². The van der Waals surface area contributed by atoms with Crippen LogP contribution in [0.25, 0.3) is 21.9 Å². The van der Waals surface area contributed by atoms with Gasteiger partial charge in [0.2, 0.25) is 5.91 Å². The van der Waals surface area contributed by atoms with E-state index in [-0.39, 0.29) is 12.5 Å². The van der Waals surface area contributed by atoms with Crippen LogP contribution in [0.5, 0.6) is 0 Å². The van der Waals surface area contributed by atoms with Crippen LogP contribution in [0.3, 0.4) is 0 Å². The number of hydrogen-bond donors (Lipinski definition) is 1. The zero-order valence-electron chi connectivity index (χ0n) is 16.8. The zero-order chi connectivity index (χ0) is 20.5. The lowest BCUT2D eigenvalue weighted by Gasteiger charge is -2.25. The van der Waals surface area contributed by atoms with E-state index in [2.05, 4.69) is 32.3 Å². The van der Waals surface area contributed by atoms with Crippen molar-refractivity contribution >= 4 is 39.3 Å². The highest BCUT2D eigenvalue weighted by Crippen LogP contribution is 2.27. The molecule has 1 aromatic carbocycles. The van der Waals surface area contributed by atoms with Crippen molar-refractivity contribution in [3.8, 4) is 0 Å². The topological polar surface area (TPSA) is 88.8 Å². The minimum absolute atomic E-state index is 0.0937. The summed E-state index contributed by atoms with van der Waals surface area (Å²) in [5.74, 6) is 0.763. The van der Waals surface area contributed by atoms with Crippen molar-refractivity contribution in [3.63, 3.8) is 0 Å². The van der Waals surface area contributed by atoms with Crippen molar-refractivity contribution in [1.82, 2.24) is 24.7 Å². The maximum absolute atomic E-state index is 12.6. The molecule has 0 bridgehead atoms. The molecule has 1 fully saturated rings. The second kappa shape index (κ2) is 7.70. The lowest BCUT2D eigenvalue weighted by Crippen LogP contribution is -2.29. The standard InChI is InChI=1S/C22H23N7O/c1-28(18-4-2-3-5-18)20-9-6-15-12-25-29(22(15)27-20)13-21(30)26-17-7-8-19-16(10-17)11-23-14-24-19/h6-12,14,18H,2-5,13H2,1H3,(H,26,30). The Morgan fingerprint density at radius 3 is 2.90 bits per heavy atom. The molecular weight excluding hydrogens is 378 g/mol. The molecule has 152 valence electrons. The molecule has 1 N–H and O–H groups in total. The van der Waals surface area contributed by atoms with Crippen LogP contribution in [-0.2, 0) is 11.3 Å². The molecule has 0 spiro atoms. The average Bonchev–Trinajstić information content (AvgIpc) is 3.43.